The Kier molecular flexibility index (Phi) is 5.10. The molecule has 2 bridgehead atoms. The molecule has 0 spiro atoms. The van der Waals surface area contributed by atoms with E-state index in [0.717, 1.165) is 36.9 Å². The van der Waals surface area contributed by atoms with E-state index in [2.05, 4.69) is 19.9 Å². The van der Waals surface area contributed by atoms with Crippen LogP contribution in [-0.2, 0) is 0 Å². The molecule has 31 heavy (non-hydrogen) atoms. The van der Waals surface area contributed by atoms with Crippen molar-refractivity contribution < 1.29 is 9.53 Å². The van der Waals surface area contributed by atoms with E-state index in [0.29, 0.717) is 28.9 Å². The number of ether oxygens (including phenoxy) is 1. The van der Waals surface area contributed by atoms with Crippen LogP contribution in [0.4, 0.5) is 0 Å². The first-order chi connectivity index (χ1) is 15.1. The van der Waals surface area contributed by atoms with Crippen LogP contribution in [0.1, 0.15) is 40.7 Å². The lowest BCUT2D eigenvalue weighted by Gasteiger charge is -2.49. The monoisotopic (exact) mass is 415 g/mol. The average Bonchev–Trinajstić information content (AvgIpc) is 2.81. The molecular formula is C24H25N5O2. The molecule has 3 aliphatic rings. The van der Waals surface area contributed by atoms with Gasteiger partial charge in [-0.15, -0.1) is 0 Å². The van der Waals surface area contributed by atoms with Gasteiger partial charge in [0.05, 0.1) is 11.6 Å². The maximum Gasteiger partial charge on any atom is 0.256 e. The Morgan fingerprint density at radius 3 is 2.58 bits per heavy atom. The number of fused-ring (bicyclic) bond motifs is 3. The second-order valence-corrected chi connectivity index (χ2v) is 8.52. The summed E-state index contributed by atoms with van der Waals surface area (Å²) in [5.74, 6) is 1.48. The number of pyridine rings is 2. The van der Waals surface area contributed by atoms with Crippen molar-refractivity contribution in [2.75, 3.05) is 6.54 Å². The predicted molar refractivity (Wildman–Crippen MR) is 116 cm³/mol. The summed E-state index contributed by atoms with van der Waals surface area (Å²) >= 11 is 0. The fraction of sp³-hybridized carbons (Fsp3) is 0.375. The van der Waals surface area contributed by atoms with Crippen molar-refractivity contribution in [3.05, 3.63) is 65.7 Å². The van der Waals surface area contributed by atoms with E-state index in [9.17, 15) is 4.79 Å². The number of hydrogen-bond donors (Lipinski definition) is 0. The van der Waals surface area contributed by atoms with Crippen molar-refractivity contribution >= 4 is 5.91 Å². The van der Waals surface area contributed by atoms with E-state index in [1.807, 2.05) is 43.1 Å². The molecule has 5 heterocycles. The van der Waals surface area contributed by atoms with Crippen LogP contribution in [0.25, 0.3) is 11.5 Å². The van der Waals surface area contributed by atoms with Gasteiger partial charge in [-0.2, -0.15) is 0 Å². The second kappa shape index (κ2) is 8.06. The summed E-state index contributed by atoms with van der Waals surface area (Å²) in [6.07, 6.45) is 9.84. The molecule has 1 amide bonds. The summed E-state index contributed by atoms with van der Waals surface area (Å²) in [7, 11) is 0. The van der Waals surface area contributed by atoms with Crippen LogP contribution < -0.4 is 4.74 Å². The van der Waals surface area contributed by atoms with Gasteiger partial charge in [0.15, 0.2) is 5.82 Å². The number of carbonyl (C=O) groups excluding carboxylic acids is 1. The maximum absolute atomic E-state index is 13.7. The van der Waals surface area contributed by atoms with Crippen LogP contribution in [0, 0.1) is 19.8 Å². The summed E-state index contributed by atoms with van der Waals surface area (Å²) in [4.78, 5) is 33.2. The van der Waals surface area contributed by atoms with E-state index in [1.165, 1.54) is 0 Å². The molecule has 0 N–H and O–H groups in total. The fourth-order valence-electron chi connectivity index (χ4n) is 4.66. The highest BCUT2D eigenvalue weighted by Gasteiger charge is 2.45. The first kappa shape index (κ1) is 19.6. The SMILES string of the molecule is Cc1ccc(O[C@@H]2CC3CC[C@@H]2N(C(=O)c2cc(C)cnc2-c2ncccn2)C3)nc1. The molecule has 6 rings (SSSR count). The van der Waals surface area contributed by atoms with Gasteiger partial charge in [-0.25, -0.2) is 15.0 Å². The molecule has 3 fully saturated rings. The molecule has 158 valence electrons. The molecule has 7 heteroatoms. The lowest BCUT2D eigenvalue weighted by molar-refractivity contribution is -0.0313. The van der Waals surface area contributed by atoms with E-state index in [-0.39, 0.29) is 18.1 Å². The van der Waals surface area contributed by atoms with E-state index in [1.54, 1.807) is 24.7 Å². The summed E-state index contributed by atoms with van der Waals surface area (Å²) in [5, 5.41) is 0. The highest BCUT2D eigenvalue weighted by molar-refractivity contribution is 5.99. The topological polar surface area (TPSA) is 81.1 Å². The van der Waals surface area contributed by atoms with Crippen molar-refractivity contribution in [2.24, 2.45) is 5.92 Å². The van der Waals surface area contributed by atoms with Crippen molar-refractivity contribution in [2.45, 2.75) is 45.3 Å². The second-order valence-electron chi connectivity index (χ2n) is 8.52. The van der Waals surface area contributed by atoms with Crippen molar-refractivity contribution in [1.29, 1.82) is 0 Å². The summed E-state index contributed by atoms with van der Waals surface area (Å²) in [5.41, 5.74) is 3.10. The minimum absolute atomic E-state index is 0.0191. The number of rotatable bonds is 4. The van der Waals surface area contributed by atoms with E-state index in [4.69, 9.17) is 4.74 Å². The van der Waals surface area contributed by atoms with Gasteiger partial charge in [0.2, 0.25) is 5.88 Å². The Morgan fingerprint density at radius 2 is 1.84 bits per heavy atom. The Labute approximate surface area is 181 Å². The molecule has 7 nitrogen and oxygen atoms in total. The van der Waals surface area contributed by atoms with Gasteiger partial charge in [-0.05, 0) is 62.3 Å². The van der Waals surface area contributed by atoms with Crippen LogP contribution in [0.15, 0.2) is 49.1 Å². The number of aromatic nitrogens is 4. The summed E-state index contributed by atoms with van der Waals surface area (Å²) in [6.45, 7) is 4.69. The minimum Gasteiger partial charge on any atom is -0.472 e. The van der Waals surface area contributed by atoms with E-state index < -0.39 is 0 Å². The molecule has 1 aliphatic carbocycles. The molecule has 3 aromatic rings. The third-order valence-corrected chi connectivity index (χ3v) is 6.17. The van der Waals surface area contributed by atoms with Gasteiger partial charge in [0, 0.05) is 37.4 Å². The fourth-order valence-corrected chi connectivity index (χ4v) is 4.66. The van der Waals surface area contributed by atoms with Crippen molar-refractivity contribution in [3.8, 4) is 17.4 Å². The number of carbonyl (C=O) groups is 1. The Hall–Kier alpha value is -3.35. The number of nitrogens with zero attached hydrogens (tertiary/aromatic N) is 5. The van der Waals surface area contributed by atoms with E-state index >= 15 is 0 Å². The Balaban J connectivity index is 1.44. The van der Waals surface area contributed by atoms with Gasteiger partial charge in [-0.1, -0.05) is 6.07 Å². The number of hydrogen-bond acceptors (Lipinski definition) is 6. The van der Waals surface area contributed by atoms with Gasteiger partial charge >= 0.3 is 0 Å². The average molecular weight is 415 g/mol. The standard InChI is InChI=1S/C24H25N5O2/c1-15-4-7-21(27-12-15)31-20-11-17-5-6-19(20)29(14-17)24(30)18-10-16(2)13-28-22(18)23-25-8-3-9-26-23/h3-4,7-10,12-13,17,19-20H,5-6,11,14H2,1-2H3/t17?,19-,20+/m0/s1. The highest BCUT2D eigenvalue weighted by atomic mass is 16.5. The number of amides is 1. The Morgan fingerprint density at radius 1 is 1.03 bits per heavy atom. The largest absolute Gasteiger partial charge is 0.472 e. The molecule has 2 aliphatic heterocycles. The van der Waals surface area contributed by atoms with Gasteiger partial charge < -0.3 is 9.64 Å². The zero-order valence-electron chi connectivity index (χ0n) is 17.7. The molecule has 2 saturated heterocycles. The van der Waals surface area contributed by atoms with Crippen molar-refractivity contribution in [3.63, 3.8) is 0 Å². The summed E-state index contributed by atoms with van der Waals surface area (Å²) in [6, 6.07) is 7.56. The smallest absolute Gasteiger partial charge is 0.256 e. The van der Waals surface area contributed by atoms with Crippen LogP contribution in [0.2, 0.25) is 0 Å². The highest BCUT2D eigenvalue weighted by Crippen LogP contribution is 2.38. The van der Waals surface area contributed by atoms with Crippen LogP contribution in [0.5, 0.6) is 5.88 Å². The van der Waals surface area contributed by atoms with Gasteiger partial charge in [0.25, 0.3) is 5.91 Å². The third-order valence-electron chi connectivity index (χ3n) is 6.17. The normalized spacial score (nSPS) is 22.4. The molecule has 3 atom stereocenters. The molecule has 0 aromatic carbocycles. The first-order valence-corrected chi connectivity index (χ1v) is 10.7. The van der Waals surface area contributed by atoms with Crippen molar-refractivity contribution in [1.82, 2.24) is 24.8 Å². The zero-order chi connectivity index (χ0) is 21.4. The maximum atomic E-state index is 13.7. The van der Waals surface area contributed by atoms with Crippen LogP contribution in [0.3, 0.4) is 0 Å². The molecule has 1 saturated carbocycles. The van der Waals surface area contributed by atoms with Crippen LogP contribution in [-0.4, -0.2) is 49.4 Å². The summed E-state index contributed by atoms with van der Waals surface area (Å²) < 4.78 is 6.25. The quantitative estimate of drug-likeness (QED) is 0.647. The third kappa shape index (κ3) is 3.87. The molecule has 0 radical (unpaired) electrons. The number of piperidine rings is 2. The minimum atomic E-state index is -0.0548. The van der Waals surface area contributed by atoms with Gasteiger partial charge in [-0.3, -0.25) is 9.78 Å². The number of aryl methyl sites for hydroxylation is 2. The van der Waals surface area contributed by atoms with Gasteiger partial charge in [0.1, 0.15) is 11.8 Å². The molecular weight excluding hydrogens is 390 g/mol. The lowest BCUT2D eigenvalue weighted by atomic mass is 9.77. The first-order valence-electron chi connectivity index (χ1n) is 10.7. The van der Waals surface area contributed by atoms with Crippen LogP contribution >= 0.6 is 0 Å². The zero-order valence-corrected chi connectivity index (χ0v) is 17.7. The predicted octanol–water partition coefficient (Wildman–Crippen LogP) is 3.62. The molecule has 3 aromatic heterocycles. The lowest BCUT2D eigenvalue weighted by Crippen LogP contribution is -2.59. The Bertz CT molecular complexity index is 1090. The molecule has 1 unspecified atom stereocenters.